The van der Waals surface area contributed by atoms with Crippen molar-refractivity contribution < 1.29 is 0 Å². The van der Waals surface area contributed by atoms with Gasteiger partial charge in [0.1, 0.15) is 0 Å². The molecule has 1 saturated carbocycles. The summed E-state index contributed by atoms with van der Waals surface area (Å²) in [5.41, 5.74) is 0.773. The first-order valence-electron chi connectivity index (χ1n) is 3.77. The zero-order valence-corrected chi connectivity index (χ0v) is 6.04. The van der Waals surface area contributed by atoms with E-state index in [1.54, 1.807) is 0 Å². The van der Waals surface area contributed by atoms with E-state index < -0.39 is 0 Å². The van der Waals surface area contributed by atoms with Gasteiger partial charge in [-0.3, -0.25) is 0 Å². The molecule has 0 spiro atoms. The van der Waals surface area contributed by atoms with Gasteiger partial charge >= 0.3 is 0 Å². The smallest absolute Gasteiger partial charge is 0.0326 e. The molecule has 0 heteroatoms. The largest absolute Gasteiger partial charge is 0.0654 e. The van der Waals surface area contributed by atoms with Crippen LogP contribution in [-0.2, 0) is 0 Å². The van der Waals surface area contributed by atoms with Crippen LogP contribution in [0.25, 0.3) is 0 Å². The maximum absolute atomic E-state index is 2.42. The molecule has 0 amide bonds. The van der Waals surface area contributed by atoms with Crippen LogP contribution in [0.3, 0.4) is 0 Å². The van der Waals surface area contributed by atoms with Crippen molar-refractivity contribution in [1.29, 1.82) is 0 Å². The quantitative estimate of drug-likeness (QED) is 0.515. The van der Waals surface area contributed by atoms with E-state index in [1.165, 1.54) is 32.1 Å². The molecule has 0 aromatic heterocycles. The molecule has 0 aliphatic heterocycles. The van der Waals surface area contributed by atoms with Crippen LogP contribution < -0.4 is 0 Å². The van der Waals surface area contributed by atoms with Gasteiger partial charge in [-0.05, 0) is 24.7 Å². The second-order valence-corrected chi connectivity index (χ2v) is 3.41. The zero-order chi connectivity index (χ0) is 6.04. The molecule has 0 N–H and O–H groups in total. The van der Waals surface area contributed by atoms with Crippen LogP contribution in [0.5, 0.6) is 0 Å². The monoisotopic (exact) mass is 112 g/mol. The summed E-state index contributed by atoms with van der Waals surface area (Å²) in [6.07, 6.45) is 7.28. The van der Waals surface area contributed by atoms with Crippen molar-refractivity contribution in [3.05, 3.63) is 0 Å². The molecule has 0 unspecified atom stereocenters. The molecule has 0 bridgehead atoms. The molecular formula is C8H16. The van der Waals surface area contributed by atoms with Crippen molar-refractivity contribution in [1.82, 2.24) is 0 Å². The Kier molecular flexibility index (Phi) is 1.59. The maximum atomic E-state index is 2.42. The third-order valence-electron chi connectivity index (χ3n) is 2.41. The van der Waals surface area contributed by atoms with Crippen molar-refractivity contribution in [2.45, 2.75) is 46.0 Å². The summed E-state index contributed by atoms with van der Waals surface area (Å²) in [5.74, 6) is 0. The predicted octanol–water partition coefficient (Wildman–Crippen LogP) is 2.98. The van der Waals surface area contributed by atoms with Gasteiger partial charge < -0.3 is 0 Å². The molecule has 1 fully saturated rings. The molecule has 0 nitrogen and oxygen atoms in total. The number of hydrogen-bond donors (Lipinski definition) is 0. The molecule has 0 radical (unpaired) electrons. The third kappa shape index (κ3) is 1.04. The highest BCUT2D eigenvalue weighted by Crippen LogP contribution is 2.43. The first kappa shape index (κ1) is 6.12. The lowest BCUT2D eigenvalue weighted by atomic mass is 9.68. The minimum absolute atomic E-state index is 0.773. The standard InChI is InChI=1S/C8H16/c1-3-5-8(2)6-4-7-8/h3-7H2,1-2H3. The van der Waals surface area contributed by atoms with E-state index in [0.29, 0.717) is 0 Å². The Hall–Kier alpha value is 0. The Morgan fingerprint density at radius 2 is 2.00 bits per heavy atom. The molecule has 0 saturated heterocycles. The van der Waals surface area contributed by atoms with Crippen LogP contribution >= 0.6 is 0 Å². The Morgan fingerprint density at radius 3 is 2.12 bits per heavy atom. The van der Waals surface area contributed by atoms with Crippen LogP contribution in [0, 0.1) is 5.41 Å². The van der Waals surface area contributed by atoms with Gasteiger partial charge in [-0.2, -0.15) is 0 Å². The van der Waals surface area contributed by atoms with Crippen molar-refractivity contribution in [3.63, 3.8) is 0 Å². The molecule has 0 aromatic rings. The topological polar surface area (TPSA) is 0 Å². The van der Waals surface area contributed by atoms with Crippen LogP contribution in [-0.4, -0.2) is 0 Å². The number of rotatable bonds is 2. The van der Waals surface area contributed by atoms with Crippen LogP contribution in [0.1, 0.15) is 46.0 Å². The molecule has 1 rings (SSSR count). The molecule has 0 heterocycles. The van der Waals surface area contributed by atoms with E-state index in [-0.39, 0.29) is 0 Å². The summed E-state index contributed by atoms with van der Waals surface area (Å²) in [6.45, 7) is 4.70. The summed E-state index contributed by atoms with van der Waals surface area (Å²) in [7, 11) is 0. The van der Waals surface area contributed by atoms with Gasteiger partial charge in [-0.25, -0.2) is 0 Å². The SMILES string of the molecule is CCCC1(C)CCC1. The summed E-state index contributed by atoms with van der Waals surface area (Å²) >= 11 is 0. The predicted molar refractivity (Wildman–Crippen MR) is 36.9 cm³/mol. The lowest BCUT2D eigenvalue weighted by molar-refractivity contribution is 0.145. The highest BCUT2D eigenvalue weighted by molar-refractivity contribution is 4.82. The van der Waals surface area contributed by atoms with Crippen molar-refractivity contribution in [2.75, 3.05) is 0 Å². The van der Waals surface area contributed by atoms with E-state index in [2.05, 4.69) is 13.8 Å². The van der Waals surface area contributed by atoms with Gasteiger partial charge in [0.05, 0.1) is 0 Å². The lowest BCUT2D eigenvalue weighted by Gasteiger charge is -2.38. The maximum Gasteiger partial charge on any atom is -0.0326 e. The van der Waals surface area contributed by atoms with E-state index in [1.807, 2.05) is 0 Å². The van der Waals surface area contributed by atoms with E-state index in [9.17, 15) is 0 Å². The first-order chi connectivity index (χ1) is 3.77. The van der Waals surface area contributed by atoms with Crippen LogP contribution in [0.4, 0.5) is 0 Å². The van der Waals surface area contributed by atoms with Gasteiger partial charge in [0.25, 0.3) is 0 Å². The van der Waals surface area contributed by atoms with Gasteiger partial charge in [-0.15, -0.1) is 0 Å². The Bertz CT molecular complexity index is 70.1. The summed E-state index contributed by atoms with van der Waals surface area (Å²) in [5, 5.41) is 0. The molecule has 48 valence electrons. The Morgan fingerprint density at radius 1 is 1.38 bits per heavy atom. The molecule has 8 heavy (non-hydrogen) atoms. The van der Waals surface area contributed by atoms with Gasteiger partial charge in [0.2, 0.25) is 0 Å². The third-order valence-corrected chi connectivity index (χ3v) is 2.41. The van der Waals surface area contributed by atoms with Gasteiger partial charge in [-0.1, -0.05) is 26.7 Å². The van der Waals surface area contributed by atoms with E-state index >= 15 is 0 Å². The Balaban J connectivity index is 2.20. The van der Waals surface area contributed by atoms with E-state index in [0.717, 1.165) is 5.41 Å². The second kappa shape index (κ2) is 2.08. The van der Waals surface area contributed by atoms with Crippen LogP contribution in [0.15, 0.2) is 0 Å². The summed E-state index contributed by atoms with van der Waals surface area (Å²) < 4.78 is 0. The molecule has 1 aliphatic carbocycles. The Labute approximate surface area is 52.3 Å². The van der Waals surface area contributed by atoms with Gasteiger partial charge in [0.15, 0.2) is 0 Å². The molecular weight excluding hydrogens is 96.1 g/mol. The molecule has 0 atom stereocenters. The minimum Gasteiger partial charge on any atom is -0.0654 e. The molecule has 0 aromatic carbocycles. The summed E-state index contributed by atoms with van der Waals surface area (Å²) in [4.78, 5) is 0. The highest BCUT2D eigenvalue weighted by Gasteiger charge is 2.29. The van der Waals surface area contributed by atoms with E-state index in [4.69, 9.17) is 0 Å². The first-order valence-corrected chi connectivity index (χ1v) is 3.77. The average Bonchev–Trinajstić information content (AvgIpc) is 1.64. The zero-order valence-electron chi connectivity index (χ0n) is 6.04. The number of hydrogen-bond acceptors (Lipinski definition) is 0. The lowest BCUT2D eigenvalue weighted by Crippen LogP contribution is -2.24. The summed E-state index contributed by atoms with van der Waals surface area (Å²) in [6, 6.07) is 0. The van der Waals surface area contributed by atoms with Crippen molar-refractivity contribution in [2.24, 2.45) is 5.41 Å². The van der Waals surface area contributed by atoms with Crippen molar-refractivity contribution >= 4 is 0 Å². The fraction of sp³-hybridized carbons (Fsp3) is 1.00. The minimum atomic E-state index is 0.773. The fourth-order valence-electron chi connectivity index (χ4n) is 1.63. The van der Waals surface area contributed by atoms with Crippen molar-refractivity contribution in [3.8, 4) is 0 Å². The molecule has 1 aliphatic rings. The second-order valence-electron chi connectivity index (χ2n) is 3.41. The normalized spacial score (nSPS) is 24.8. The van der Waals surface area contributed by atoms with Gasteiger partial charge in [0, 0.05) is 0 Å². The van der Waals surface area contributed by atoms with Crippen LogP contribution in [0.2, 0.25) is 0 Å². The fourth-order valence-corrected chi connectivity index (χ4v) is 1.63. The highest BCUT2D eigenvalue weighted by atomic mass is 14.3. The average molecular weight is 112 g/mol.